The molecule has 0 radical (unpaired) electrons. The molecule has 0 bridgehead atoms. The van der Waals surface area contributed by atoms with Gasteiger partial charge in [0.05, 0.1) is 0 Å². The first-order valence-corrected chi connectivity index (χ1v) is 5.82. The Morgan fingerprint density at radius 1 is 1.00 bits per heavy atom. The Kier molecular flexibility index (Phi) is 4.72. The second-order valence-electron chi connectivity index (χ2n) is 4.26. The standard InChI is InChI=1S/C14H22/c1-4-12(3)11-13(5-2)14-9-7-6-8-10-14/h6-10,12-13H,4-5,11H2,1-3H3. The Bertz CT molecular complexity index is 237. The maximum atomic E-state index is 2.35. The van der Waals surface area contributed by atoms with Crippen LogP contribution in [0.1, 0.15) is 51.5 Å². The molecule has 2 atom stereocenters. The lowest BCUT2D eigenvalue weighted by Gasteiger charge is -2.19. The molecule has 0 aliphatic rings. The summed E-state index contributed by atoms with van der Waals surface area (Å²) in [5, 5.41) is 0. The molecule has 78 valence electrons. The Labute approximate surface area is 88.4 Å². The molecule has 0 heteroatoms. The number of hydrogen-bond acceptors (Lipinski definition) is 0. The number of rotatable bonds is 5. The van der Waals surface area contributed by atoms with Crippen molar-refractivity contribution in [2.24, 2.45) is 5.92 Å². The fourth-order valence-electron chi connectivity index (χ4n) is 1.92. The Morgan fingerprint density at radius 2 is 1.64 bits per heavy atom. The largest absolute Gasteiger partial charge is 0.0651 e. The third-order valence-corrected chi connectivity index (χ3v) is 3.15. The van der Waals surface area contributed by atoms with Crippen LogP contribution < -0.4 is 0 Å². The van der Waals surface area contributed by atoms with Gasteiger partial charge in [-0.15, -0.1) is 0 Å². The van der Waals surface area contributed by atoms with Gasteiger partial charge in [-0.1, -0.05) is 57.5 Å². The fraction of sp³-hybridized carbons (Fsp3) is 0.571. The third-order valence-electron chi connectivity index (χ3n) is 3.15. The van der Waals surface area contributed by atoms with Gasteiger partial charge in [0.1, 0.15) is 0 Å². The minimum atomic E-state index is 0.756. The highest BCUT2D eigenvalue weighted by atomic mass is 14.2. The molecule has 0 amide bonds. The van der Waals surface area contributed by atoms with Crippen LogP contribution in [0.5, 0.6) is 0 Å². The summed E-state index contributed by atoms with van der Waals surface area (Å²) in [5.74, 6) is 1.60. The molecule has 1 rings (SSSR count). The topological polar surface area (TPSA) is 0 Å². The SMILES string of the molecule is CCC(C)CC(CC)c1ccccc1. The maximum absolute atomic E-state index is 2.35. The smallest absolute Gasteiger partial charge is 0.0162 e. The molecule has 0 N–H and O–H groups in total. The lowest BCUT2D eigenvalue weighted by atomic mass is 9.87. The van der Waals surface area contributed by atoms with Crippen molar-refractivity contribution < 1.29 is 0 Å². The van der Waals surface area contributed by atoms with Crippen LogP contribution in [-0.2, 0) is 0 Å². The van der Waals surface area contributed by atoms with Gasteiger partial charge < -0.3 is 0 Å². The average molecular weight is 190 g/mol. The number of benzene rings is 1. The lowest BCUT2D eigenvalue weighted by molar-refractivity contribution is 0.447. The van der Waals surface area contributed by atoms with Gasteiger partial charge in [-0.2, -0.15) is 0 Å². The summed E-state index contributed by atoms with van der Waals surface area (Å²) in [6.45, 7) is 6.92. The van der Waals surface area contributed by atoms with Crippen molar-refractivity contribution in [3.8, 4) is 0 Å². The van der Waals surface area contributed by atoms with Gasteiger partial charge in [0.2, 0.25) is 0 Å². The molecule has 0 saturated carbocycles. The van der Waals surface area contributed by atoms with Crippen LogP contribution in [0, 0.1) is 5.92 Å². The van der Waals surface area contributed by atoms with Crippen molar-refractivity contribution in [2.75, 3.05) is 0 Å². The Morgan fingerprint density at radius 3 is 2.14 bits per heavy atom. The van der Waals surface area contributed by atoms with E-state index in [1.54, 1.807) is 0 Å². The monoisotopic (exact) mass is 190 g/mol. The molecule has 1 aromatic rings. The van der Waals surface area contributed by atoms with E-state index in [9.17, 15) is 0 Å². The van der Waals surface area contributed by atoms with Gasteiger partial charge in [0.25, 0.3) is 0 Å². The van der Waals surface area contributed by atoms with Gasteiger partial charge in [-0.3, -0.25) is 0 Å². The van der Waals surface area contributed by atoms with Gasteiger partial charge >= 0.3 is 0 Å². The molecule has 0 aliphatic heterocycles. The van der Waals surface area contributed by atoms with Crippen LogP contribution in [0.3, 0.4) is 0 Å². The summed E-state index contributed by atoms with van der Waals surface area (Å²) < 4.78 is 0. The van der Waals surface area contributed by atoms with Crippen LogP contribution in [0.15, 0.2) is 30.3 Å². The molecule has 14 heavy (non-hydrogen) atoms. The predicted molar refractivity (Wildman–Crippen MR) is 63.5 cm³/mol. The number of hydrogen-bond donors (Lipinski definition) is 0. The molecule has 0 spiro atoms. The Balaban J connectivity index is 2.63. The fourth-order valence-corrected chi connectivity index (χ4v) is 1.92. The van der Waals surface area contributed by atoms with Gasteiger partial charge in [-0.05, 0) is 30.2 Å². The van der Waals surface area contributed by atoms with Crippen molar-refractivity contribution in [3.05, 3.63) is 35.9 Å². The summed E-state index contributed by atoms with van der Waals surface area (Å²) >= 11 is 0. The van der Waals surface area contributed by atoms with E-state index in [1.807, 2.05) is 0 Å². The summed E-state index contributed by atoms with van der Waals surface area (Å²) in [4.78, 5) is 0. The van der Waals surface area contributed by atoms with E-state index in [-0.39, 0.29) is 0 Å². The molecule has 0 heterocycles. The van der Waals surface area contributed by atoms with Crippen molar-refractivity contribution in [1.82, 2.24) is 0 Å². The molecular weight excluding hydrogens is 168 g/mol. The summed E-state index contributed by atoms with van der Waals surface area (Å²) in [7, 11) is 0. The van der Waals surface area contributed by atoms with Crippen LogP contribution in [0.25, 0.3) is 0 Å². The maximum Gasteiger partial charge on any atom is -0.0162 e. The normalized spacial score (nSPS) is 15.1. The lowest BCUT2D eigenvalue weighted by Crippen LogP contribution is -2.03. The first kappa shape index (κ1) is 11.3. The van der Waals surface area contributed by atoms with Crippen molar-refractivity contribution >= 4 is 0 Å². The van der Waals surface area contributed by atoms with Crippen LogP contribution in [0.2, 0.25) is 0 Å². The molecular formula is C14H22. The van der Waals surface area contributed by atoms with E-state index >= 15 is 0 Å². The van der Waals surface area contributed by atoms with Crippen LogP contribution in [-0.4, -0.2) is 0 Å². The van der Waals surface area contributed by atoms with Crippen LogP contribution >= 0.6 is 0 Å². The molecule has 2 unspecified atom stereocenters. The summed E-state index contributed by atoms with van der Waals surface area (Å²) in [6, 6.07) is 10.9. The molecule has 1 aromatic carbocycles. The van der Waals surface area contributed by atoms with Gasteiger partial charge in [0.15, 0.2) is 0 Å². The zero-order chi connectivity index (χ0) is 10.4. The van der Waals surface area contributed by atoms with Crippen molar-refractivity contribution in [2.45, 2.75) is 46.0 Å². The van der Waals surface area contributed by atoms with E-state index < -0.39 is 0 Å². The minimum absolute atomic E-state index is 0.756. The van der Waals surface area contributed by atoms with Crippen molar-refractivity contribution in [1.29, 1.82) is 0 Å². The van der Waals surface area contributed by atoms with Gasteiger partial charge in [-0.25, -0.2) is 0 Å². The van der Waals surface area contributed by atoms with E-state index in [4.69, 9.17) is 0 Å². The van der Waals surface area contributed by atoms with Gasteiger partial charge in [0, 0.05) is 0 Å². The van der Waals surface area contributed by atoms with Crippen molar-refractivity contribution in [3.63, 3.8) is 0 Å². The predicted octanol–water partition coefficient (Wildman–Crippen LogP) is 4.62. The molecule has 0 fully saturated rings. The average Bonchev–Trinajstić information content (AvgIpc) is 2.26. The first-order chi connectivity index (χ1) is 6.77. The second kappa shape index (κ2) is 5.85. The summed E-state index contributed by atoms with van der Waals surface area (Å²) in [5.41, 5.74) is 1.51. The zero-order valence-electron chi connectivity index (χ0n) is 9.66. The zero-order valence-corrected chi connectivity index (χ0v) is 9.66. The quantitative estimate of drug-likeness (QED) is 0.635. The highest BCUT2D eigenvalue weighted by molar-refractivity contribution is 5.19. The summed E-state index contributed by atoms with van der Waals surface area (Å²) in [6.07, 6.45) is 3.88. The van der Waals surface area contributed by atoms with Crippen LogP contribution in [0.4, 0.5) is 0 Å². The minimum Gasteiger partial charge on any atom is -0.0651 e. The second-order valence-corrected chi connectivity index (χ2v) is 4.26. The van der Waals surface area contributed by atoms with E-state index in [1.165, 1.54) is 24.8 Å². The first-order valence-electron chi connectivity index (χ1n) is 5.82. The molecule has 0 aliphatic carbocycles. The molecule has 0 nitrogen and oxygen atoms in total. The van der Waals surface area contributed by atoms with E-state index in [2.05, 4.69) is 51.1 Å². The highest BCUT2D eigenvalue weighted by Gasteiger charge is 2.11. The third kappa shape index (κ3) is 3.17. The highest BCUT2D eigenvalue weighted by Crippen LogP contribution is 2.27. The van der Waals surface area contributed by atoms with E-state index in [0.717, 1.165) is 11.8 Å². The van der Waals surface area contributed by atoms with E-state index in [0.29, 0.717) is 0 Å². The molecule has 0 aromatic heterocycles. The Hall–Kier alpha value is -0.780. The molecule has 0 saturated heterocycles.